The van der Waals surface area contributed by atoms with E-state index in [1.54, 1.807) is 6.20 Å². The number of aryl methyl sites for hydroxylation is 3. The van der Waals surface area contributed by atoms with Gasteiger partial charge in [0.25, 0.3) is 10.1 Å². The minimum absolute atomic E-state index is 0.266. The Morgan fingerprint density at radius 1 is 1.20 bits per heavy atom. The van der Waals surface area contributed by atoms with Crippen LogP contribution in [0.3, 0.4) is 0 Å². The van der Waals surface area contributed by atoms with E-state index in [4.69, 9.17) is 4.55 Å². The molecule has 0 bridgehead atoms. The monoisotopic (exact) mass is 359 g/mol. The van der Waals surface area contributed by atoms with Gasteiger partial charge in [0.15, 0.2) is 0 Å². The minimum Gasteiger partial charge on any atom is -0.341 e. The maximum absolute atomic E-state index is 10.9. The van der Waals surface area contributed by atoms with E-state index >= 15 is 0 Å². The van der Waals surface area contributed by atoms with Crippen LogP contribution in [0.4, 0.5) is 0 Å². The van der Waals surface area contributed by atoms with Gasteiger partial charge in [-0.3, -0.25) is 4.55 Å². The second-order valence-electron chi connectivity index (χ2n) is 6.12. The van der Waals surface area contributed by atoms with Gasteiger partial charge >= 0.3 is 0 Å². The molecule has 0 amide bonds. The summed E-state index contributed by atoms with van der Waals surface area (Å²) < 4.78 is 34.8. The minimum atomic E-state index is -3.96. The highest BCUT2D eigenvalue weighted by Crippen LogP contribution is 2.30. The second-order valence-corrected chi connectivity index (χ2v) is 7.70. The maximum atomic E-state index is 10.9. The number of fused-ring (bicyclic) bond motifs is 4. The lowest BCUT2D eigenvalue weighted by molar-refractivity contribution is 0.478. The van der Waals surface area contributed by atoms with Crippen molar-refractivity contribution < 1.29 is 13.0 Å². The quantitative estimate of drug-likeness (QED) is 0.560. The van der Waals surface area contributed by atoms with Gasteiger partial charge in [-0.25, -0.2) is 15.0 Å². The highest BCUT2D eigenvalue weighted by Gasteiger charge is 2.15. The van der Waals surface area contributed by atoms with Crippen molar-refractivity contribution in [2.24, 2.45) is 7.05 Å². The SMILES string of the molecule is Cc1nc2cc3c4ncncc4n(C)c3cc2n1CCCS(=O)(=O)O. The maximum Gasteiger partial charge on any atom is 0.264 e. The van der Waals surface area contributed by atoms with Crippen molar-refractivity contribution in [1.82, 2.24) is 24.1 Å². The van der Waals surface area contributed by atoms with Crippen molar-refractivity contribution in [3.63, 3.8) is 0 Å². The van der Waals surface area contributed by atoms with E-state index in [0.717, 1.165) is 38.8 Å². The first-order valence-electron chi connectivity index (χ1n) is 7.85. The number of nitrogens with zero attached hydrogens (tertiary/aromatic N) is 5. The van der Waals surface area contributed by atoms with E-state index in [0.29, 0.717) is 13.0 Å². The molecule has 8 nitrogen and oxygen atoms in total. The second kappa shape index (κ2) is 5.50. The first kappa shape index (κ1) is 16.0. The van der Waals surface area contributed by atoms with Crippen LogP contribution >= 0.6 is 0 Å². The van der Waals surface area contributed by atoms with Gasteiger partial charge in [0.2, 0.25) is 0 Å². The van der Waals surface area contributed by atoms with Gasteiger partial charge in [-0.2, -0.15) is 8.42 Å². The van der Waals surface area contributed by atoms with Gasteiger partial charge in [-0.1, -0.05) is 0 Å². The third-order valence-electron chi connectivity index (χ3n) is 4.51. The molecule has 1 aromatic carbocycles. The molecule has 0 radical (unpaired) electrons. The van der Waals surface area contributed by atoms with Crippen LogP contribution in [-0.2, 0) is 23.7 Å². The van der Waals surface area contributed by atoms with Crippen LogP contribution in [0.25, 0.3) is 33.0 Å². The Labute approximate surface area is 143 Å². The number of hydrogen-bond acceptors (Lipinski definition) is 5. The van der Waals surface area contributed by atoms with E-state index in [1.165, 1.54) is 6.33 Å². The van der Waals surface area contributed by atoms with Crippen LogP contribution in [0, 0.1) is 6.92 Å². The summed E-state index contributed by atoms with van der Waals surface area (Å²) in [7, 11) is -1.99. The number of aromatic nitrogens is 5. The molecule has 3 aromatic heterocycles. The van der Waals surface area contributed by atoms with E-state index in [1.807, 2.05) is 35.2 Å². The number of imidazole rings is 1. The molecular formula is C16H17N5O3S. The molecule has 4 aromatic rings. The lowest BCUT2D eigenvalue weighted by Gasteiger charge is -2.06. The Kier molecular flexibility index (Phi) is 3.51. The van der Waals surface area contributed by atoms with Crippen LogP contribution < -0.4 is 0 Å². The predicted molar refractivity (Wildman–Crippen MR) is 95.1 cm³/mol. The van der Waals surface area contributed by atoms with Crippen molar-refractivity contribution in [2.75, 3.05) is 5.75 Å². The molecule has 0 saturated heterocycles. The Balaban J connectivity index is 1.88. The molecule has 0 spiro atoms. The summed E-state index contributed by atoms with van der Waals surface area (Å²) in [6.07, 6.45) is 3.64. The van der Waals surface area contributed by atoms with Crippen molar-refractivity contribution >= 4 is 43.1 Å². The zero-order valence-corrected chi connectivity index (χ0v) is 14.7. The largest absolute Gasteiger partial charge is 0.341 e. The summed E-state index contributed by atoms with van der Waals surface area (Å²) in [5.74, 6) is 0.539. The lowest BCUT2D eigenvalue weighted by atomic mass is 10.2. The van der Waals surface area contributed by atoms with Crippen molar-refractivity contribution in [2.45, 2.75) is 19.9 Å². The van der Waals surface area contributed by atoms with Crippen molar-refractivity contribution in [3.05, 3.63) is 30.5 Å². The Morgan fingerprint density at radius 3 is 2.76 bits per heavy atom. The van der Waals surface area contributed by atoms with Gasteiger partial charge in [0.1, 0.15) is 12.2 Å². The summed E-state index contributed by atoms with van der Waals surface area (Å²) in [5, 5.41) is 1.01. The zero-order chi connectivity index (χ0) is 17.8. The molecule has 4 rings (SSSR count). The summed E-state index contributed by atoms with van der Waals surface area (Å²) in [6.45, 7) is 2.36. The predicted octanol–water partition coefficient (Wildman–Crippen LogP) is 2.06. The molecule has 0 aliphatic heterocycles. The molecule has 130 valence electrons. The smallest absolute Gasteiger partial charge is 0.264 e. The third kappa shape index (κ3) is 2.65. The normalized spacial score (nSPS) is 12.6. The Hall–Kier alpha value is -2.52. The summed E-state index contributed by atoms with van der Waals surface area (Å²) in [6, 6.07) is 4.05. The third-order valence-corrected chi connectivity index (χ3v) is 5.32. The van der Waals surface area contributed by atoms with Crippen LogP contribution in [0.5, 0.6) is 0 Å². The van der Waals surface area contributed by atoms with Crippen LogP contribution in [0.15, 0.2) is 24.7 Å². The molecule has 1 N–H and O–H groups in total. The van der Waals surface area contributed by atoms with Crippen molar-refractivity contribution in [1.29, 1.82) is 0 Å². The van der Waals surface area contributed by atoms with Crippen LogP contribution in [0.1, 0.15) is 12.2 Å². The van der Waals surface area contributed by atoms with E-state index in [2.05, 4.69) is 15.0 Å². The summed E-state index contributed by atoms with van der Waals surface area (Å²) in [4.78, 5) is 13.1. The molecule has 9 heteroatoms. The Morgan fingerprint density at radius 2 is 2.00 bits per heavy atom. The molecule has 0 aliphatic carbocycles. The number of rotatable bonds is 4. The van der Waals surface area contributed by atoms with Gasteiger partial charge in [0.05, 0.1) is 39.5 Å². The van der Waals surface area contributed by atoms with Gasteiger partial charge in [-0.05, 0) is 25.5 Å². The molecule has 3 heterocycles. The zero-order valence-electron chi connectivity index (χ0n) is 13.8. The fourth-order valence-corrected chi connectivity index (χ4v) is 3.83. The van der Waals surface area contributed by atoms with Crippen molar-refractivity contribution in [3.8, 4) is 0 Å². The molecule has 25 heavy (non-hydrogen) atoms. The van der Waals surface area contributed by atoms with E-state index in [9.17, 15) is 8.42 Å². The fraction of sp³-hybridized carbons (Fsp3) is 0.312. The van der Waals surface area contributed by atoms with Crippen LogP contribution in [0.2, 0.25) is 0 Å². The standard InChI is InChI=1S/C16H17N5O3S/c1-10-19-12-6-11-13(20(2)15-8-17-9-18-16(11)15)7-14(12)21(10)4-3-5-25(22,23)24/h6-9H,3-5H2,1-2H3,(H,22,23,24). The lowest BCUT2D eigenvalue weighted by Crippen LogP contribution is -2.09. The molecular weight excluding hydrogens is 342 g/mol. The molecule has 0 saturated carbocycles. The van der Waals surface area contributed by atoms with Crippen LogP contribution in [-0.4, -0.2) is 42.8 Å². The Bertz CT molecular complexity index is 1220. The summed E-state index contributed by atoms with van der Waals surface area (Å²) >= 11 is 0. The molecule has 0 fully saturated rings. The number of benzene rings is 1. The van der Waals surface area contributed by atoms with Gasteiger partial charge in [-0.15, -0.1) is 0 Å². The molecule has 0 aliphatic rings. The highest BCUT2D eigenvalue weighted by atomic mass is 32.2. The topological polar surface area (TPSA) is 103 Å². The van der Waals surface area contributed by atoms with Gasteiger partial charge in [0, 0.05) is 19.0 Å². The average Bonchev–Trinajstić information content (AvgIpc) is 3.00. The van der Waals surface area contributed by atoms with E-state index in [-0.39, 0.29) is 5.75 Å². The first-order valence-corrected chi connectivity index (χ1v) is 9.46. The number of hydrogen-bond donors (Lipinski definition) is 1. The van der Waals surface area contributed by atoms with E-state index < -0.39 is 10.1 Å². The first-order chi connectivity index (χ1) is 11.8. The molecule has 0 atom stereocenters. The van der Waals surface area contributed by atoms with Gasteiger partial charge < -0.3 is 9.13 Å². The molecule has 0 unspecified atom stereocenters. The average molecular weight is 359 g/mol. The highest BCUT2D eigenvalue weighted by molar-refractivity contribution is 7.85. The summed E-state index contributed by atoms with van der Waals surface area (Å²) in [5.41, 5.74) is 4.61. The fourth-order valence-electron chi connectivity index (χ4n) is 3.34.